The van der Waals surface area contributed by atoms with E-state index in [1.807, 2.05) is 24.3 Å². The molecule has 27 heavy (non-hydrogen) atoms. The maximum Gasteiger partial charge on any atom is 0.137 e. The molecule has 0 bridgehead atoms. The first-order valence-corrected chi connectivity index (χ1v) is 9.22. The number of anilines is 1. The number of benzene rings is 2. The van der Waals surface area contributed by atoms with Crippen molar-refractivity contribution in [2.45, 2.75) is 31.5 Å². The third kappa shape index (κ3) is 4.58. The number of methoxy groups -OCH3 is 1. The highest BCUT2D eigenvalue weighted by Gasteiger charge is 2.47. The lowest BCUT2D eigenvalue weighted by Gasteiger charge is -2.35. The second-order valence-electron chi connectivity index (χ2n) is 8.55. The van der Waals surface area contributed by atoms with Gasteiger partial charge >= 0.3 is 0 Å². The molecule has 5 heteroatoms. The fourth-order valence-electron chi connectivity index (χ4n) is 3.75. The van der Waals surface area contributed by atoms with Crippen LogP contribution in [0, 0.1) is 0 Å². The van der Waals surface area contributed by atoms with Gasteiger partial charge in [0.2, 0.25) is 0 Å². The number of halogens is 1. The van der Waals surface area contributed by atoms with Crippen molar-refractivity contribution in [2.24, 2.45) is 0 Å². The van der Waals surface area contributed by atoms with Gasteiger partial charge in [-0.2, -0.15) is 0 Å². The van der Waals surface area contributed by atoms with E-state index < -0.39 is 6.23 Å². The highest BCUT2D eigenvalue weighted by Crippen LogP contribution is 2.48. The van der Waals surface area contributed by atoms with Gasteiger partial charge in [-0.15, -0.1) is 0 Å². The zero-order valence-corrected chi connectivity index (χ0v) is 19.1. The fraction of sp³-hybridized carbons (Fsp3) is 0.455. The van der Waals surface area contributed by atoms with E-state index in [4.69, 9.17) is 4.74 Å². The molecule has 0 spiro atoms. The number of fused-ring (bicyclic) bond motifs is 1. The smallest absolute Gasteiger partial charge is 0.137 e. The molecule has 1 N–H and O–H groups in total. The molecule has 1 aliphatic rings. The minimum atomic E-state index is -0.559. The van der Waals surface area contributed by atoms with E-state index in [-0.39, 0.29) is 29.4 Å². The molecule has 4 nitrogen and oxygen atoms in total. The lowest BCUT2D eigenvalue weighted by atomic mass is 9.79. The summed E-state index contributed by atoms with van der Waals surface area (Å²) in [6, 6.07) is 16.5. The molecule has 1 unspecified atom stereocenters. The van der Waals surface area contributed by atoms with Gasteiger partial charge in [-0.05, 0) is 29.3 Å². The Hall–Kier alpha value is -1.31. The zero-order valence-electron chi connectivity index (χ0n) is 16.9. The number of aliphatic hydroxyl groups excluding tert-OH is 1. The Balaban J connectivity index is 0.00000261. The second kappa shape index (κ2) is 8.37. The van der Waals surface area contributed by atoms with Gasteiger partial charge in [-0.25, -0.2) is 0 Å². The van der Waals surface area contributed by atoms with Gasteiger partial charge in [0.05, 0.1) is 34.8 Å². The minimum Gasteiger partial charge on any atom is -1.00 e. The molecule has 1 heterocycles. The molecule has 0 amide bonds. The summed E-state index contributed by atoms with van der Waals surface area (Å²) in [5.74, 6) is 0.842. The van der Waals surface area contributed by atoms with E-state index in [0.717, 1.165) is 28.9 Å². The summed E-state index contributed by atoms with van der Waals surface area (Å²) in [7, 11) is 8.27. The maximum absolute atomic E-state index is 11.3. The molecule has 0 saturated heterocycles. The molecule has 0 radical (unpaired) electrons. The van der Waals surface area contributed by atoms with Crippen molar-refractivity contribution in [3.63, 3.8) is 0 Å². The van der Waals surface area contributed by atoms with Crippen LogP contribution in [0.1, 0.15) is 24.5 Å². The topological polar surface area (TPSA) is 32.7 Å². The van der Waals surface area contributed by atoms with Crippen LogP contribution in [0.4, 0.5) is 5.69 Å². The van der Waals surface area contributed by atoms with Crippen LogP contribution in [0.5, 0.6) is 5.75 Å². The molecule has 1 aliphatic heterocycles. The Morgan fingerprint density at radius 2 is 1.78 bits per heavy atom. The molecule has 3 rings (SSSR count). The van der Waals surface area contributed by atoms with Crippen LogP contribution in [0.15, 0.2) is 48.5 Å². The second-order valence-corrected chi connectivity index (χ2v) is 8.55. The highest BCUT2D eigenvalue weighted by atomic mass is 127. The molecule has 2 aromatic carbocycles. The molecule has 148 valence electrons. The third-order valence-corrected chi connectivity index (χ3v) is 5.49. The minimum absolute atomic E-state index is 0. The van der Waals surface area contributed by atoms with Gasteiger partial charge in [0.1, 0.15) is 12.0 Å². The number of ether oxygens (including phenoxy) is 1. The summed E-state index contributed by atoms with van der Waals surface area (Å²) in [5.41, 5.74) is 3.15. The first-order valence-electron chi connectivity index (χ1n) is 9.22. The molecular weight excluding hydrogens is 451 g/mol. The van der Waals surface area contributed by atoms with Gasteiger partial charge in [-0.3, -0.25) is 0 Å². The van der Waals surface area contributed by atoms with E-state index in [9.17, 15) is 5.11 Å². The van der Waals surface area contributed by atoms with Crippen molar-refractivity contribution in [1.29, 1.82) is 0 Å². The van der Waals surface area contributed by atoms with Gasteiger partial charge in [0.25, 0.3) is 0 Å². The maximum atomic E-state index is 11.3. The van der Waals surface area contributed by atoms with Crippen molar-refractivity contribution in [3.8, 4) is 5.75 Å². The number of hydrogen-bond acceptors (Lipinski definition) is 3. The average Bonchev–Trinajstić information content (AvgIpc) is 2.82. The van der Waals surface area contributed by atoms with Gasteiger partial charge in [-0.1, -0.05) is 37.3 Å². The number of rotatable bonds is 6. The van der Waals surface area contributed by atoms with Crippen LogP contribution in [0.2, 0.25) is 0 Å². The average molecular weight is 482 g/mol. The van der Waals surface area contributed by atoms with Crippen molar-refractivity contribution in [2.75, 3.05) is 39.7 Å². The van der Waals surface area contributed by atoms with E-state index in [1.165, 1.54) is 11.1 Å². The highest BCUT2D eigenvalue weighted by molar-refractivity contribution is 5.65. The van der Waals surface area contributed by atoms with Crippen LogP contribution >= 0.6 is 0 Å². The van der Waals surface area contributed by atoms with Gasteiger partial charge in [0, 0.05) is 24.1 Å². The number of aliphatic hydroxyl groups is 1. The summed E-state index contributed by atoms with van der Waals surface area (Å²) in [4.78, 5) is 2.12. The van der Waals surface area contributed by atoms with Crippen LogP contribution < -0.4 is 33.6 Å². The van der Waals surface area contributed by atoms with Crippen LogP contribution in [-0.2, 0) is 12.0 Å². The SMILES string of the molecule is COc1ccc2c(c1)[C@@](C)(CC[N+](C)(C)C)C(O)N2Cc1ccccc1.[I-]. The Kier molecular flexibility index (Phi) is 6.81. The van der Waals surface area contributed by atoms with Crippen molar-refractivity contribution in [1.82, 2.24) is 0 Å². The summed E-state index contributed by atoms with van der Waals surface area (Å²) < 4.78 is 6.34. The number of quaternary nitrogens is 1. The Morgan fingerprint density at radius 3 is 2.37 bits per heavy atom. The molecule has 0 saturated carbocycles. The van der Waals surface area contributed by atoms with E-state index >= 15 is 0 Å². The Morgan fingerprint density at radius 1 is 1.11 bits per heavy atom. The summed E-state index contributed by atoms with van der Waals surface area (Å²) in [6.07, 6.45) is 0.347. The Labute approximate surface area is 180 Å². The molecular formula is C22H31IN2O2. The first-order chi connectivity index (χ1) is 12.2. The Bertz CT molecular complexity index is 761. The van der Waals surface area contributed by atoms with Crippen LogP contribution in [0.25, 0.3) is 0 Å². The van der Waals surface area contributed by atoms with Gasteiger partial charge in [0.15, 0.2) is 0 Å². The summed E-state index contributed by atoms with van der Waals surface area (Å²) in [5, 5.41) is 11.3. The van der Waals surface area contributed by atoms with Gasteiger partial charge < -0.3 is 43.2 Å². The zero-order chi connectivity index (χ0) is 18.9. The van der Waals surface area contributed by atoms with Crippen LogP contribution in [0.3, 0.4) is 0 Å². The molecule has 0 fully saturated rings. The van der Waals surface area contributed by atoms with E-state index in [2.05, 4.69) is 57.2 Å². The quantitative estimate of drug-likeness (QED) is 0.478. The predicted octanol–water partition coefficient (Wildman–Crippen LogP) is 0.392. The standard InChI is InChI=1S/C22H31N2O2.HI/c1-22(13-14-24(2,3)4)19-15-18(26-5)11-12-20(19)23(21(22)25)16-17-9-7-6-8-10-17;/h6-12,15,21,25H,13-14,16H2,1-5H3;1H/q+1;/p-1/t21?,22-;/m1./s1. The monoisotopic (exact) mass is 482 g/mol. The number of nitrogens with zero attached hydrogens (tertiary/aromatic N) is 2. The van der Waals surface area contributed by atoms with E-state index in [0.29, 0.717) is 6.54 Å². The molecule has 2 aromatic rings. The normalized spacial score (nSPS) is 21.6. The lowest BCUT2D eigenvalue weighted by molar-refractivity contribution is -0.871. The third-order valence-electron chi connectivity index (χ3n) is 5.49. The molecule has 2 atom stereocenters. The fourth-order valence-corrected chi connectivity index (χ4v) is 3.75. The largest absolute Gasteiger partial charge is 1.00 e. The summed E-state index contributed by atoms with van der Waals surface area (Å²) >= 11 is 0. The molecule has 0 aromatic heterocycles. The predicted molar refractivity (Wildman–Crippen MR) is 106 cm³/mol. The van der Waals surface area contributed by atoms with Crippen molar-refractivity contribution in [3.05, 3.63) is 59.7 Å². The number of hydrogen-bond donors (Lipinski definition) is 1. The summed E-state index contributed by atoms with van der Waals surface area (Å²) in [6.45, 7) is 3.86. The van der Waals surface area contributed by atoms with E-state index in [1.54, 1.807) is 7.11 Å². The first kappa shape index (κ1) is 22.0. The van der Waals surface area contributed by atoms with Crippen molar-refractivity contribution >= 4 is 5.69 Å². The molecule has 0 aliphatic carbocycles. The van der Waals surface area contributed by atoms with Crippen molar-refractivity contribution < 1.29 is 38.3 Å². The lowest BCUT2D eigenvalue weighted by Crippen LogP contribution is -3.00. The van der Waals surface area contributed by atoms with Crippen LogP contribution in [-0.4, -0.2) is 50.6 Å².